The third-order valence-corrected chi connectivity index (χ3v) is 5.60. The van der Waals surface area contributed by atoms with E-state index in [-0.39, 0.29) is 5.97 Å². The van der Waals surface area contributed by atoms with E-state index in [1.807, 2.05) is 25.2 Å². The highest BCUT2D eigenvalue weighted by molar-refractivity contribution is 5.94. The molecule has 0 radical (unpaired) electrons. The summed E-state index contributed by atoms with van der Waals surface area (Å²) in [6.45, 7) is 0.912. The van der Waals surface area contributed by atoms with Crippen molar-refractivity contribution in [1.82, 2.24) is 19.1 Å². The Morgan fingerprint density at radius 3 is 2.69 bits per heavy atom. The van der Waals surface area contributed by atoms with Gasteiger partial charge in [0.2, 0.25) is 5.88 Å². The number of imidazole rings is 1. The van der Waals surface area contributed by atoms with Gasteiger partial charge in [-0.05, 0) is 49.1 Å². The topological polar surface area (TPSA) is 71.2 Å². The number of aryl methyl sites for hydroxylation is 1. The van der Waals surface area contributed by atoms with Crippen molar-refractivity contribution in [2.45, 2.75) is 19.4 Å². The Kier molecular flexibility index (Phi) is 4.04. The number of fused-ring (bicyclic) bond motifs is 2. The third kappa shape index (κ3) is 2.93. The Bertz CT molecular complexity index is 1250. The van der Waals surface area contributed by atoms with Crippen LogP contribution < -0.4 is 4.74 Å². The molecule has 0 saturated heterocycles. The molecular weight excluding hydrogens is 368 g/mol. The molecule has 0 amide bonds. The smallest absolute Gasteiger partial charge is 0.337 e. The van der Waals surface area contributed by atoms with Crippen molar-refractivity contribution in [3.63, 3.8) is 0 Å². The van der Waals surface area contributed by atoms with E-state index < -0.39 is 0 Å². The fraction of sp³-hybridized carbons (Fsp3) is 0.318. The molecule has 0 spiro atoms. The van der Waals surface area contributed by atoms with Crippen molar-refractivity contribution >= 4 is 28.0 Å². The second-order valence-corrected chi connectivity index (χ2v) is 7.54. The first-order chi connectivity index (χ1) is 14.1. The Balaban J connectivity index is 1.70. The molecule has 1 aliphatic carbocycles. The van der Waals surface area contributed by atoms with Gasteiger partial charge in [0.15, 0.2) is 5.82 Å². The molecule has 0 unspecified atom stereocenters. The summed E-state index contributed by atoms with van der Waals surface area (Å²) in [5.74, 6) is 1.77. The summed E-state index contributed by atoms with van der Waals surface area (Å²) >= 11 is 0. The van der Waals surface area contributed by atoms with Crippen LogP contribution in [0.3, 0.4) is 0 Å². The van der Waals surface area contributed by atoms with Crippen molar-refractivity contribution in [2.24, 2.45) is 13.0 Å². The van der Waals surface area contributed by atoms with E-state index in [1.165, 1.54) is 20.0 Å². The van der Waals surface area contributed by atoms with Gasteiger partial charge in [0.25, 0.3) is 0 Å². The van der Waals surface area contributed by atoms with Gasteiger partial charge in [-0.1, -0.05) is 0 Å². The van der Waals surface area contributed by atoms with Crippen molar-refractivity contribution in [1.29, 1.82) is 0 Å². The average Bonchev–Trinajstić information content (AvgIpc) is 3.42. The van der Waals surface area contributed by atoms with Crippen LogP contribution in [0.5, 0.6) is 5.88 Å². The second-order valence-electron chi connectivity index (χ2n) is 7.54. The quantitative estimate of drug-likeness (QED) is 0.485. The highest BCUT2D eigenvalue weighted by Crippen LogP contribution is 2.36. The fourth-order valence-corrected chi connectivity index (χ4v) is 3.83. The van der Waals surface area contributed by atoms with Crippen LogP contribution in [0.4, 0.5) is 0 Å². The first-order valence-electron chi connectivity index (χ1n) is 9.68. The standard InChI is InChI=1S/C22H22N4O3/c1-25-17-8-6-15(22(27)29-3)10-16(17)23-21(25)18-11-14-7-9-19(28-2)24-20(14)26(18)12-13-4-5-13/h6-11,13H,4-5,12H2,1-3H3. The predicted molar refractivity (Wildman–Crippen MR) is 110 cm³/mol. The molecule has 29 heavy (non-hydrogen) atoms. The summed E-state index contributed by atoms with van der Waals surface area (Å²) in [7, 11) is 5.01. The zero-order valence-corrected chi connectivity index (χ0v) is 16.7. The van der Waals surface area contributed by atoms with Gasteiger partial charge in [0.05, 0.1) is 36.5 Å². The van der Waals surface area contributed by atoms with E-state index in [9.17, 15) is 4.79 Å². The SMILES string of the molecule is COC(=O)c1ccc2c(c1)nc(-c1cc3ccc(OC)nc3n1CC1CC1)n2C. The van der Waals surface area contributed by atoms with Crippen LogP contribution in [0.25, 0.3) is 33.6 Å². The highest BCUT2D eigenvalue weighted by atomic mass is 16.5. The minimum absolute atomic E-state index is 0.363. The maximum absolute atomic E-state index is 11.9. The molecule has 5 rings (SSSR count). The molecule has 0 N–H and O–H groups in total. The molecule has 1 aliphatic rings. The van der Waals surface area contributed by atoms with Crippen molar-refractivity contribution < 1.29 is 14.3 Å². The lowest BCUT2D eigenvalue weighted by Gasteiger charge is -2.10. The molecule has 0 aliphatic heterocycles. The summed E-state index contributed by atoms with van der Waals surface area (Å²) in [4.78, 5) is 21.5. The van der Waals surface area contributed by atoms with Crippen LogP contribution in [-0.2, 0) is 18.3 Å². The monoisotopic (exact) mass is 390 g/mol. The molecule has 3 heterocycles. The first kappa shape index (κ1) is 17.7. The minimum Gasteiger partial charge on any atom is -0.481 e. The Morgan fingerprint density at radius 1 is 1.14 bits per heavy atom. The lowest BCUT2D eigenvalue weighted by molar-refractivity contribution is 0.0601. The molecule has 7 nitrogen and oxygen atoms in total. The maximum atomic E-state index is 11.9. The summed E-state index contributed by atoms with van der Waals surface area (Å²) < 4.78 is 14.5. The summed E-state index contributed by atoms with van der Waals surface area (Å²) in [5.41, 5.74) is 4.15. The molecule has 4 aromatic rings. The van der Waals surface area contributed by atoms with E-state index in [4.69, 9.17) is 19.4 Å². The van der Waals surface area contributed by atoms with E-state index in [2.05, 4.69) is 15.2 Å². The number of nitrogens with zero attached hydrogens (tertiary/aromatic N) is 4. The lowest BCUT2D eigenvalue weighted by Crippen LogP contribution is -2.05. The number of aromatic nitrogens is 4. The molecule has 0 bridgehead atoms. The van der Waals surface area contributed by atoms with E-state index >= 15 is 0 Å². The Hall–Kier alpha value is -3.35. The molecular formula is C22H22N4O3. The molecule has 1 aromatic carbocycles. The van der Waals surface area contributed by atoms with Gasteiger partial charge in [0.1, 0.15) is 5.65 Å². The third-order valence-electron chi connectivity index (χ3n) is 5.60. The number of ether oxygens (including phenoxy) is 2. The Morgan fingerprint density at radius 2 is 1.97 bits per heavy atom. The van der Waals surface area contributed by atoms with Gasteiger partial charge in [0, 0.05) is 25.0 Å². The number of hydrogen-bond acceptors (Lipinski definition) is 5. The molecule has 1 saturated carbocycles. The van der Waals surface area contributed by atoms with Crippen LogP contribution in [0.1, 0.15) is 23.2 Å². The summed E-state index contributed by atoms with van der Waals surface area (Å²) in [6.07, 6.45) is 2.49. The van der Waals surface area contributed by atoms with E-state index in [0.29, 0.717) is 17.4 Å². The van der Waals surface area contributed by atoms with E-state index in [1.54, 1.807) is 19.2 Å². The van der Waals surface area contributed by atoms with E-state index in [0.717, 1.165) is 40.1 Å². The van der Waals surface area contributed by atoms with Gasteiger partial charge in [-0.3, -0.25) is 0 Å². The number of esters is 1. The van der Waals surface area contributed by atoms with Gasteiger partial charge in [-0.2, -0.15) is 4.98 Å². The van der Waals surface area contributed by atoms with Crippen LogP contribution in [0.2, 0.25) is 0 Å². The molecule has 3 aromatic heterocycles. The zero-order chi connectivity index (χ0) is 20.1. The number of benzene rings is 1. The number of methoxy groups -OCH3 is 2. The van der Waals surface area contributed by atoms with Crippen molar-refractivity contribution in [3.8, 4) is 17.4 Å². The van der Waals surface area contributed by atoms with Crippen molar-refractivity contribution in [2.75, 3.05) is 14.2 Å². The van der Waals surface area contributed by atoms with Crippen molar-refractivity contribution in [3.05, 3.63) is 42.0 Å². The summed E-state index contributed by atoms with van der Waals surface area (Å²) in [5, 5.41) is 1.06. The average molecular weight is 390 g/mol. The minimum atomic E-state index is -0.363. The number of hydrogen-bond donors (Lipinski definition) is 0. The predicted octanol–water partition coefficient (Wildman–Crippen LogP) is 3.80. The largest absolute Gasteiger partial charge is 0.481 e. The van der Waals surface area contributed by atoms with Crippen LogP contribution in [-0.4, -0.2) is 39.3 Å². The van der Waals surface area contributed by atoms with Gasteiger partial charge < -0.3 is 18.6 Å². The molecule has 7 heteroatoms. The fourth-order valence-electron chi connectivity index (χ4n) is 3.83. The number of carbonyl (C=O) groups is 1. The molecule has 1 fully saturated rings. The van der Waals surface area contributed by atoms with Crippen LogP contribution in [0.15, 0.2) is 36.4 Å². The zero-order valence-electron chi connectivity index (χ0n) is 16.7. The summed E-state index contributed by atoms with van der Waals surface area (Å²) in [6, 6.07) is 11.5. The van der Waals surface area contributed by atoms with Crippen LogP contribution in [0, 0.1) is 5.92 Å². The van der Waals surface area contributed by atoms with Gasteiger partial charge >= 0.3 is 5.97 Å². The molecule has 148 valence electrons. The highest BCUT2D eigenvalue weighted by Gasteiger charge is 2.26. The maximum Gasteiger partial charge on any atom is 0.337 e. The van der Waals surface area contributed by atoms with Gasteiger partial charge in [-0.25, -0.2) is 9.78 Å². The normalized spacial score (nSPS) is 13.9. The second kappa shape index (κ2) is 6.62. The molecule has 0 atom stereocenters. The van der Waals surface area contributed by atoms with Crippen LogP contribution >= 0.6 is 0 Å². The first-order valence-corrected chi connectivity index (χ1v) is 9.68. The number of rotatable bonds is 5. The number of pyridine rings is 1. The van der Waals surface area contributed by atoms with Gasteiger partial charge in [-0.15, -0.1) is 0 Å². The Labute approximate surface area is 167 Å². The number of carbonyl (C=O) groups excluding carboxylic acids is 1. The lowest BCUT2D eigenvalue weighted by atomic mass is 10.2.